The van der Waals surface area contributed by atoms with Gasteiger partial charge in [-0.05, 0) is 26.8 Å². The van der Waals surface area contributed by atoms with E-state index in [1.54, 1.807) is 19.9 Å². The average Bonchev–Trinajstić information content (AvgIpc) is 1.99. The van der Waals surface area contributed by atoms with Gasteiger partial charge in [0, 0.05) is 6.42 Å². The molecule has 0 saturated carbocycles. The molecule has 0 amide bonds. The summed E-state index contributed by atoms with van der Waals surface area (Å²) in [6, 6.07) is 0. The lowest BCUT2D eigenvalue weighted by molar-refractivity contribution is -0.234. The van der Waals surface area contributed by atoms with Crippen molar-refractivity contribution in [2.24, 2.45) is 5.92 Å². The Morgan fingerprint density at radius 2 is 2.27 bits per heavy atom. The molecule has 3 unspecified atom stereocenters. The minimum absolute atomic E-state index is 0.171. The SMILES string of the molecule is C/C=C/C1(O)OC(C)CC(=O)C1C(C)=O. The minimum atomic E-state index is -1.77. The smallest absolute Gasteiger partial charge is 0.202 e. The molecule has 0 spiro atoms. The summed E-state index contributed by atoms with van der Waals surface area (Å²) in [7, 11) is 0. The van der Waals surface area contributed by atoms with Crippen molar-refractivity contribution >= 4 is 11.6 Å². The Balaban J connectivity index is 3.07. The highest BCUT2D eigenvalue weighted by Gasteiger charge is 2.48. The molecule has 0 radical (unpaired) electrons. The van der Waals surface area contributed by atoms with Crippen LogP contribution in [0.3, 0.4) is 0 Å². The number of carbonyl (C=O) groups excluding carboxylic acids is 2. The molecular formula is C11H16O4. The van der Waals surface area contributed by atoms with E-state index in [2.05, 4.69) is 0 Å². The molecule has 0 aromatic rings. The van der Waals surface area contributed by atoms with E-state index in [1.165, 1.54) is 13.0 Å². The number of hydrogen-bond donors (Lipinski definition) is 1. The molecule has 4 heteroatoms. The number of allylic oxidation sites excluding steroid dienone is 1. The number of carbonyl (C=O) groups is 2. The Labute approximate surface area is 88.9 Å². The zero-order valence-electron chi connectivity index (χ0n) is 9.19. The van der Waals surface area contributed by atoms with E-state index >= 15 is 0 Å². The Hall–Kier alpha value is -1.00. The van der Waals surface area contributed by atoms with Gasteiger partial charge in [-0.25, -0.2) is 0 Å². The summed E-state index contributed by atoms with van der Waals surface area (Å²) < 4.78 is 5.29. The lowest BCUT2D eigenvalue weighted by Crippen LogP contribution is -2.53. The van der Waals surface area contributed by atoms with Gasteiger partial charge in [0.2, 0.25) is 5.79 Å². The van der Waals surface area contributed by atoms with Crippen LogP contribution in [-0.2, 0) is 14.3 Å². The van der Waals surface area contributed by atoms with Gasteiger partial charge in [0.1, 0.15) is 11.7 Å². The summed E-state index contributed by atoms with van der Waals surface area (Å²) in [5.74, 6) is -3.49. The maximum Gasteiger partial charge on any atom is 0.202 e. The van der Waals surface area contributed by atoms with Crippen LogP contribution in [-0.4, -0.2) is 28.6 Å². The standard InChI is InChI=1S/C11H16O4/c1-4-5-11(14)10(8(3)12)9(13)6-7(2)15-11/h4-5,7,10,14H,6H2,1-3H3/b5-4+. The largest absolute Gasteiger partial charge is 0.361 e. The third-order valence-electron chi connectivity index (χ3n) is 2.43. The molecule has 84 valence electrons. The van der Waals surface area contributed by atoms with Crippen molar-refractivity contribution < 1.29 is 19.4 Å². The summed E-state index contributed by atoms with van der Waals surface area (Å²) in [5.41, 5.74) is 0. The molecule has 0 bridgehead atoms. The molecule has 4 nitrogen and oxygen atoms in total. The van der Waals surface area contributed by atoms with E-state index in [0.29, 0.717) is 0 Å². The molecule has 15 heavy (non-hydrogen) atoms. The third-order valence-corrected chi connectivity index (χ3v) is 2.43. The van der Waals surface area contributed by atoms with Crippen molar-refractivity contribution in [3.63, 3.8) is 0 Å². The molecule has 1 aliphatic heterocycles. The maximum absolute atomic E-state index is 11.6. The zero-order chi connectivity index (χ0) is 11.6. The molecule has 1 heterocycles. The predicted octanol–water partition coefficient (Wildman–Crippen LogP) is 0.834. The van der Waals surface area contributed by atoms with Crippen molar-refractivity contribution in [3.05, 3.63) is 12.2 Å². The van der Waals surface area contributed by atoms with Crippen LogP contribution in [0.1, 0.15) is 27.2 Å². The fraction of sp³-hybridized carbons (Fsp3) is 0.636. The topological polar surface area (TPSA) is 63.6 Å². The van der Waals surface area contributed by atoms with E-state index in [-0.39, 0.29) is 24.1 Å². The van der Waals surface area contributed by atoms with Crippen molar-refractivity contribution in [2.45, 2.75) is 39.1 Å². The Morgan fingerprint density at radius 3 is 2.73 bits per heavy atom. The summed E-state index contributed by atoms with van der Waals surface area (Å²) in [6.45, 7) is 4.68. The van der Waals surface area contributed by atoms with E-state index < -0.39 is 11.7 Å². The lowest BCUT2D eigenvalue weighted by Gasteiger charge is -2.38. The van der Waals surface area contributed by atoms with Gasteiger partial charge < -0.3 is 9.84 Å². The number of ketones is 2. The molecule has 3 atom stereocenters. The van der Waals surface area contributed by atoms with Crippen LogP contribution in [0.5, 0.6) is 0 Å². The van der Waals surface area contributed by atoms with Gasteiger partial charge in [0.25, 0.3) is 0 Å². The van der Waals surface area contributed by atoms with Crippen molar-refractivity contribution in [3.8, 4) is 0 Å². The maximum atomic E-state index is 11.6. The first-order valence-electron chi connectivity index (χ1n) is 4.98. The van der Waals surface area contributed by atoms with Gasteiger partial charge >= 0.3 is 0 Å². The summed E-state index contributed by atoms with van der Waals surface area (Å²) in [4.78, 5) is 23.0. The normalized spacial score (nSPS) is 37.2. The van der Waals surface area contributed by atoms with Gasteiger partial charge in [-0.15, -0.1) is 0 Å². The summed E-state index contributed by atoms with van der Waals surface area (Å²) >= 11 is 0. The molecule has 0 aromatic heterocycles. The van der Waals surface area contributed by atoms with Gasteiger partial charge in [-0.2, -0.15) is 0 Å². The van der Waals surface area contributed by atoms with E-state index in [4.69, 9.17) is 4.74 Å². The molecule has 1 fully saturated rings. The quantitative estimate of drug-likeness (QED) is 0.544. The Bertz CT molecular complexity index is 308. The van der Waals surface area contributed by atoms with Crippen LogP contribution in [0, 0.1) is 5.92 Å². The van der Waals surface area contributed by atoms with Crippen LogP contribution in [0.4, 0.5) is 0 Å². The Kier molecular flexibility index (Phi) is 3.42. The second kappa shape index (κ2) is 4.24. The predicted molar refractivity (Wildman–Crippen MR) is 54.1 cm³/mol. The van der Waals surface area contributed by atoms with Gasteiger partial charge in [-0.3, -0.25) is 9.59 Å². The molecule has 1 rings (SSSR count). The first-order chi connectivity index (χ1) is 6.90. The van der Waals surface area contributed by atoms with Crippen molar-refractivity contribution in [1.29, 1.82) is 0 Å². The summed E-state index contributed by atoms with van der Waals surface area (Å²) in [5, 5.41) is 10.1. The van der Waals surface area contributed by atoms with Crippen LogP contribution in [0.15, 0.2) is 12.2 Å². The third kappa shape index (κ3) is 2.33. The van der Waals surface area contributed by atoms with Gasteiger partial charge in [-0.1, -0.05) is 6.08 Å². The average molecular weight is 212 g/mol. The fourth-order valence-electron chi connectivity index (χ4n) is 1.96. The lowest BCUT2D eigenvalue weighted by atomic mass is 9.84. The van der Waals surface area contributed by atoms with Crippen LogP contribution >= 0.6 is 0 Å². The first-order valence-corrected chi connectivity index (χ1v) is 4.98. The molecule has 1 saturated heterocycles. The van der Waals surface area contributed by atoms with Crippen LogP contribution in [0.25, 0.3) is 0 Å². The van der Waals surface area contributed by atoms with Crippen molar-refractivity contribution in [1.82, 2.24) is 0 Å². The molecule has 0 aromatic carbocycles. The molecular weight excluding hydrogens is 196 g/mol. The first kappa shape index (κ1) is 12.1. The van der Waals surface area contributed by atoms with E-state index in [1.807, 2.05) is 0 Å². The minimum Gasteiger partial charge on any atom is -0.361 e. The number of aliphatic hydroxyl groups is 1. The highest BCUT2D eigenvalue weighted by atomic mass is 16.6. The summed E-state index contributed by atoms with van der Waals surface area (Å²) in [6.07, 6.45) is 2.73. The number of hydrogen-bond acceptors (Lipinski definition) is 4. The Morgan fingerprint density at radius 1 is 1.67 bits per heavy atom. The fourth-order valence-corrected chi connectivity index (χ4v) is 1.96. The number of Topliss-reactive ketones (excluding diaryl/α,β-unsaturated/α-hetero) is 2. The molecule has 1 N–H and O–H groups in total. The highest BCUT2D eigenvalue weighted by Crippen LogP contribution is 2.31. The molecule has 1 aliphatic rings. The second-order valence-electron chi connectivity index (χ2n) is 3.89. The van der Waals surface area contributed by atoms with Crippen molar-refractivity contribution in [2.75, 3.05) is 0 Å². The van der Waals surface area contributed by atoms with E-state index in [0.717, 1.165) is 0 Å². The van der Waals surface area contributed by atoms with Gasteiger partial charge in [0.05, 0.1) is 6.10 Å². The van der Waals surface area contributed by atoms with Gasteiger partial charge in [0.15, 0.2) is 5.78 Å². The monoisotopic (exact) mass is 212 g/mol. The van der Waals surface area contributed by atoms with Crippen LogP contribution < -0.4 is 0 Å². The highest BCUT2D eigenvalue weighted by molar-refractivity contribution is 6.03. The van der Waals surface area contributed by atoms with E-state index in [9.17, 15) is 14.7 Å². The van der Waals surface area contributed by atoms with Crippen LogP contribution in [0.2, 0.25) is 0 Å². The second-order valence-corrected chi connectivity index (χ2v) is 3.89. The number of rotatable bonds is 2. The number of ether oxygens (including phenoxy) is 1. The zero-order valence-corrected chi connectivity index (χ0v) is 9.19. The molecule has 0 aliphatic carbocycles.